The van der Waals surface area contributed by atoms with Gasteiger partial charge in [0, 0.05) is 44.0 Å². The van der Waals surface area contributed by atoms with Crippen LogP contribution in [0, 0.1) is 11.3 Å². The number of aliphatic hydroxyl groups is 1. The average Bonchev–Trinajstić information content (AvgIpc) is 2.62. The Kier molecular flexibility index (Phi) is 7.57. The lowest BCUT2D eigenvalue weighted by Gasteiger charge is -2.34. The molecule has 1 aliphatic heterocycles. The van der Waals surface area contributed by atoms with Crippen LogP contribution in [0.2, 0.25) is 0 Å². The predicted molar refractivity (Wildman–Crippen MR) is 111 cm³/mol. The Balaban J connectivity index is 2.17. The van der Waals surface area contributed by atoms with Crippen LogP contribution >= 0.6 is 0 Å². The molecule has 2 rings (SSSR count). The van der Waals surface area contributed by atoms with Crippen molar-refractivity contribution in [3.63, 3.8) is 0 Å². The van der Waals surface area contributed by atoms with Gasteiger partial charge in [-0.2, -0.15) is 5.26 Å². The molecule has 0 saturated carbocycles. The van der Waals surface area contributed by atoms with Gasteiger partial charge in [-0.05, 0) is 57.5 Å². The molecule has 0 amide bonds. The molecule has 1 aromatic carbocycles. The van der Waals surface area contributed by atoms with E-state index in [4.69, 9.17) is 5.11 Å². The highest BCUT2D eigenvalue weighted by atomic mass is 32.2. The van der Waals surface area contributed by atoms with Crippen molar-refractivity contribution in [3.8, 4) is 6.07 Å². The number of hydrogen-bond acceptors (Lipinski definition) is 5. The van der Waals surface area contributed by atoms with Gasteiger partial charge in [-0.15, -0.1) is 0 Å². The number of benzene rings is 1. The Hall–Kier alpha value is -1.72. The second-order valence-electron chi connectivity index (χ2n) is 7.63. The molecule has 6 nitrogen and oxygen atoms in total. The monoisotopic (exact) mass is 390 g/mol. The minimum absolute atomic E-state index is 0.00443. The summed E-state index contributed by atoms with van der Waals surface area (Å²) >= 11 is 0. The van der Waals surface area contributed by atoms with Crippen molar-refractivity contribution in [3.05, 3.63) is 34.7 Å². The van der Waals surface area contributed by atoms with E-state index in [1.807, 2.05) is 32.9 Å². The number of hydrogen-bond donors (Lipinski definition) is 2. The number of nitriles is 1. The Morgan fingerprint density at radius 3 is 2.37 bits per heavy atom. The van der Waals surface area contributed by atoms with E-state index >= 15 is 0 Å². The molecule has 1 heterocycles. The summed E-state index contributed by atoms with van der Waals surface area (Å²) < 4.78 is 15.6. The lowest BCUT2D eigenvalue weighted by Crippen LogP contribution is -2.44. The van der Waals surface area contributed by atoms with Gasteiger partial charge in [0.15, 0.2) is 0 Å². The summed E-state index contributed by atoms with van der Waals surface area (Å²) in [6.45, 7) is 9.63. The van der Waals surface area contributed by atoms with Gasteiger partial charge in [-0.3, -0.25) is 0 Å². The van der Waals surface area contributed by atoms with E-state index in [9.17, 15) is 9.47 Å². The third-order valence-electron chi connectivity index (χ3n) is 4.90. The molecule has 7 heteroatoms. The summed E-state index contributed by atoms with van der Waals surface area (Å²) in [4.78, 5) is 4.89. The smallest absolute Gasteiger partial charge is 0.136 e. The third kappa shape index (κ3) is 5.88. The van der Waals surface area contributed by atoms with Crippen LogP contribution in [0.3, 0.4) is 0 Å². The number of nitrogens with zero attached hydrogens (tertiary/aromatic N) is 3. The van der Waals surface area contributed by atoms with Crippen LogP contribution in [0.25, 0.3) is 5.57 Å². The molecule has 27 heavy (non-hydrogen) atoms. The Bertz CT molecular complexity index is 729. The first-order valence-electron chi connectivity index (χ1n) is 9.23. The fraction of sp³-hybridized carbons (Fsp3) is 0.550. The molecule has 1 aromatic rings. The maximum atomic E-state index is 12.6. The quantitative estimate of drug-likeness (QED) is 0.697. The zero-order chi connectivity index (χ0) is 20.0. The van der Waals surface area contributed by atoms with Crippen molar-refractivity contribution in [1.29, 1.82) is 5.26 Å². The molecule has 148 valence electrons. The molecule has 1 fully saturated rings. The molecule has 1 saturated heterocycles. The molecule has 0 spiro atoms. The number of anilines is 1. The van der Waals surface area contributed by atoms with E-state index < -0.39 is 16.5 Å². The van der Waals surface area contributed by atoms with Gasteiger partial charge < -0.3 is 14.9 Å². The average molecular weight is 391 g/mol. The standard InChI is InChI=1S/C20H30N4O2S/c1-16(19(15-21)27(26)22-20(2,3)9-14-25)17-5-7-18(8-6-17)24-12-10-23(4)11-13-24/h5-8,22,25H,9-14H2,1-4H3/b19-16+. The van der Waals surface area contributed by atoms with E-state index in [1.54, 1.807) is 0 Å². The fourth-order valence-corrected chi connectivity index (χ4v) is 4.20. The Morgan fingerprint density at radius 2 is 1.85 bits per heavy atom. The number of rotatable bonds is 7. The van der Waals surface area contributed by atoms with Crippen LogP contribution in [0.4, 0.5) is 5.69 Å². The third-order valence-corrected chi connectivity index (χ3v) is 6.41. The Labute approximate surface area is 165 Å². The highest BCUT2D eigenvalue weighted by Gasteiger charge is 2.23. The van der Waals surface area contributed by atoms with Crippen molar-refractivity contribution in [2.45, 2.75) is 32.7 Å². The summed E-state index contributed by atoms with van der Waals surface area (Å²) in [5.74, 6) is 0. The van der Waals surface area contributed by atoms with Gasteiger partial charge in [0.1, 0.15) is 22.0 Å². The minimum atomic E-state index is -1.63. The largest absolute Gasteiger partial charge is 0.396 e. The summed E-state index contributed by atoms with van der Waals surface area (Å²) in [6, 6.07) is 10.2. The molecular formula is C20H30N4O2S. The number of aliphatic hydroxyl groups excluding tert-OH is 1. The SMILES string of the molecule is C/C(=C(/C#N)S(=O)NC(C)(C)CCO)c1ccc(N2CCN(C)CC2)cc1. The summed E-state index contributed by atoms with van der Waals surface area (Å²) in [6.07, 6.45) is 0.455. The molecule has 0 bridgehead atoms. The van der Waals surface area contributed by atoms with Crippen LogP contribution in [-0.2, 0) is 11.0 Å². The zero-order valence-electron chi connectivity index (χ0n) is 16.7. The maximum absolute atomic E-state index is 12.6. The molecule has 0 aliphatic carbocycles. The first kappa shape index (κ1) is 21.6. The van der Waals surface area contributed by atoms with E-state index in [-0.39, 0.29) is 11.5 Å². The lowest BCUT2D eigenvalue weighted by atomic mass is 10.0. The summed E-state index contributed by atoms with van der Waals surface area (Å²) in [7, 11) is 0.501. The summed E-state index contributed by atoms with van der Waals surface area (Å²) in [5.41, 5.74) is 2.24. The molecule has 2 N–H and O–H groups in total. The van der Waals surface area contributed by atoms with Gasteiger partial charge in [-0.1, -0.05) is 12.1 Å². The highest BCUT2D eigenvalue weighted by molar-refractivity contribution is 7.87. The first-order valence-corrected chi connectivity index (χ1v) is 10.4. The number of likely N-dealkylation sites (N-methyl/N-ethyl adjacent to an activating group) is 1. The highest BCUT2D eigenvalue weighted by Crippen LogP contribution is 2.24. The van der Waals surface area contributed by atoms with Gasteiger partial charge in [0.25, 0.3) is 0 Å². The van der Waals surface area contributed by atoms with Gasteiger partial charge in [0.05, 0.1) is 0 Å². The van der Waals surface area contributed by atoms with Crippen molar-refractivity contribution < 1.29 is 9.32 Å². The van der Waals surface area contributed by atoms with Crippen molar-refractivity contribution in [1.82, 2.24) is 9.62 Å². The summed E-state index contributed by atoms with van der Waals surface area (Å²) in [5, 5.41) is 18.7. The van der Waals surface area contributed by atoms with Crippen molar-refractivity contribution in [2.24, 2.45) is 0 Å². The van der Waals surface area contributed by atoms with Crippen LogP contribution in [0.5, 0.6) is 0 Å². The topological polar surface area (TPSA) is 79.6 Å². The minimum Gasteiger partial charge on any atom is -0.396 e. The normalized spacial score (nSPS) is 18.0. The number of piperazine rings is 1. The second-order valence-corrected chi connectivity index (χ2v) is 8.78. The van der Waals surface area contributed by atoms with Crippen molar-refractivity contribution in [2.75, 3.05) is 44.7 Å². The van der Waals surface area contributed by atoms with Gasteiger partial charge in [-0.25, -0.2) is 8.93 Å². The number of nitrogens with one attached hydrogen (secondary N) is 1. The van der Waals surface area contributed by atoms with Crippen molar-refractivity contribution >= 4 is 22.2 Å². The van der Waals surface area contributed by atoms with Gasteiger partial charge in [0.2, 0.25) is 0 Å². The lowest BCUT2D eigenvalue weighted by molar-refractivity contribution is 0.247. The molecule has 1 aliphatic rings. The maximum Gasteiger partial charge on any atom is 0.136 e. The van der Waals surface area contributed by atoms with Crippen LogP contribution in [0.1, 0.15) is 32.8 Å². The van der Waals surface area contributed by atoms with Crippen LogP contribution in [0.15, 0.2) is 29.2 Å². The zero-order valence-corrected chi connectivity index (χ0v) is 17.5. The molecule has 1 unspecified atom stereocenters. The fourth-order valence-electron chi connectivity index (χ4n) is 3.01. The molecule has 0 radical (unpaired) electrons. The van der Waals surface area contributed by atoms with Crippen LogP contribution < -0.4 is 9.62 Å². The Morgan fingerprint density at radius 1 is 1.26 bits per heavy atom. The predicted octanol–water partition coefficient (Wildman–Crippen LogP) is 2.11. The first-order chi connectivity index (χ1) is 12.8. The molecule has 1 atom stereocenters. The van der Waals surface area contributed by atoms with E-state index in [1.165, 1.54) is 5.69 Å². The van der Waals surface area contributed by atoms with Crippen LogP contribution in [-0.4, -0.2) is 59.6 Å². The van der Waals surface area contributed by atoms with E-state index in [2.05, 4.69) is 39.8 Å². The number of allylic oxidation sites excluding steroid dienone is 2. The molecule has 0 aromatic heterocycles. The molecular weight excluding hydrogens is 360 g/mol. The van der Waals surface area contributed by atoms with Gasteiger partial charge >= 0.3 is 0 Å². The second kappa shape index (κ2) is 9.47. The van der Waals surface area contributed by atoms with E-state index in [0.29, 0.717) is 12.0 Å². The van der Waals surface area contributed by atoms with E-state index in [0.717, 1.165) is 31.7 Å².